The second-order valence-electron chi connectivity index (χ2n) is 5.74. The smallest absolute Gasteiger partial charge is 0.247 e. The number of nitrogens with zero attached hydrogens (tertiary/aromatic N) is 1. The number of nitrogens with two attached hydrogens (primary N) is 1. The predicted octanol–water partition coefficient (Wildman–Crippen LogP) is 1.25. The van der Waals surface area contributed by atoms with E-state index in [0.29, 0.717) is 13.1 Å². The topological polar surface area (TPSA) is 55.6 Å². The summed E-state index contributed by atoms with van der Waals surface area (Å²) in [5, 5.41) is 0. The second kappa shape index (κ2) is 4.62. The summed E-state index contributed by atoms with van der Waals surface area (Å²) in [4.78, 5) is 14.6. The molecule has 4 nitrogen and oxygen atoms in total. The average molecular weight is 260 g/mol. The highest BCUT2D eigenvalue weighted by atomic mass is 16.5. The van der Waals surface area contributed by atoms with Crippen LogP contribution in [0.3, 0.4) is 0 Å². The lowest BCUT2D eigenvalue weighted by atomic mass is 9.91. The summed E-state index contributed by atoms with van der Waals surface area (Å²) in [5.41, 5.74) is 6.19. The number of ether oxygens (including phenoxy) is 1. The van der Waals surface area contributed by atoms with Crippen LogP contribution >= 0.6 is 0 Å². The van der Waals surface area contributed by atoms with Crippen molar-refractivity contribution in [3.63, 3.8) is 0 Å². The lowest BCUT2D eigenvalue weighted by Gasteiger charge is -2.37. The van der Waals surface area contributed by atoms with Crippen molar-refractivity contribution in [3.8, 4) is 0 Å². The summed E-state index contributed by atoms with van der Waals surface area (Å²) in [6, 6.07) is 9.58. The summed E-state index contributed by atoms with van der Waals surface area (Å²) in [6.07, 6.45) is 2.52. The molecule has 3 rings (SSSR count). The Labute approximate surface area is 113 Å². The number of likely N-dealkylation sites (tertiary alicyclic amines) is 1. The van der Waals surface area contributed by atoms with Crippen molar-refractivity contribution in [1.29, 1.82) is 0 Å². The van der Waals surface area contributed by atoms with Gasteiger partial charge in [-0.15, -0.1) is 0 Å². The average Bonchev–Trinajstić information content (AvgIpc) is 2.77. The molecule has 19 heavy (non-hydrogen) atoms. The van der Waals surface area contributed by atoms with E-state index in [9.17, 15) is 4.79 Å². The SMILES string of the molecule is CC(N)(C(=O)N1CC2CCC(C1)O2)c1ccccc1. The zero-order valence-electron chi connectivity index (χ0n) is 11.2. The molecule has 4 heteroatoms. The van der Waals surface area contributed by atoms with Gasteiger partial charge in [0.2, 0.25) is 5.91 Å². The van der Waals surface area contributed by atoms with Gasteiger partial charge in [0.25, 0.3) is 0 Å². The molecule has 2 saturated heterocycles. The molecule has 1 amide bonds. The molecule has 2 N–H and O–H groups in total. The summed E-state index contributed by atoms with van der Waals surface area (Å²) in [6.45, 7) is 3.14. The second-order valence-corrected chi connectivity index (χ2v) is 5.74. The molecule has 0 aliphatic carbocycles. The Bertz CT molecular complexity index is 460. The van der Waals surface area contributed by atoms with E-state index in [4.69, 9.17) is 10.5 Å². The number of fused-ring (bicyclic) bond motifs is 2. The molecular formula is C15H20N2O2. The normalized spacial score (nSPS) is 29.1. The fourth-order valence-electron chi connectivity index (χ4n) is 3.02. The third-order valence-corrected chi connectivity index (χ3v) is 4.15. The van der Waals surface area contributed by atoms with Crippen LogP contribution < -0.4 is 5.73 Å². The first-order valence-corrected chi connectivity index (χ1v) is 6.86. The summed E-state index contributed by atoms with van der Waals surface area (Å²) in [5.74, 6) is -0.00102. The van der Waals surface area contributed by atoms with Crippen molar-refractivity contribution in [1.82, 2.24) is 4.90 Å². The van der Waals surface area contributed by atoms with Crippen LogP contribution in [0.1, 0.15) is 25.3 Å². The Morgan fingerprint density at radius 3 is 2.42 bits per heavy atom. The molecular weight excluding hydrogens is 240 g/mol. The molecule has 2 fully saturated rings. The Hall–Kier alpha value is -1.39. The molecule has 2 bridgehead atoms. The summed E-state index contributed by atoms with van der Waals surface area (Å²) >= 11 is 0. The van der Waals surface area contributed by atoms with Gasteiger partial charge in [-0.2, -0.15) is 0 Å². The fourth-order valence-corrected chi connectivity index (χ4v) is 3.02. The van der Waals surface area contributed by atoms with Gasteiger partial charge in [-0.05, 0) is 25.3 Å². The number of carbonyl (C=O) groups is 1. The van der Waals surface area contributed by atoms with Gasteiger partial charge in [-0.3, -0.25) is 4.79 Å². The first kappa shape index (κ1) is 12.6. The maximum Gasteiger partial charge on any atom is 0.247 e. The lowest BCUT2D eigenvalue weighted by Crippen LogP contribution is -2.55. The van der Waals surface area contributed by atoms with Gasteiger partial charge in [0.15, 0.2) is 0 Å². The van der Waals surface area contributed by atoms with Crippen molar-refractivity contribution < 1.29 is 9.53 Å². The Kier molecular flexibility index (Phi) is 3.07. The van der Waals surface area contributed by atoms with Crippen molar-refractivity contribution in [3.05, 3.63) is 35.9 Å². The molecule has 0 radical (unpaired) electrons. The minimum absolute atomic E-state index is 0.00102. The van der Waals surface area contributed by atoms with Crippen LogP contribution in [0, 0.1) is 0 Å². The molecule has 3 unspecified atom stereocenters. The van der Waals surface area contributed by atoms with Crippen molar-refractivity contribution in [2.75, 3.05) is 13.1 Å². The van der Waals surface area contributed by atoms with Crippen LogP contribution in [-0.4, -0.2) is 36.1 Å². The third-order valence-electron chi connectivity index (χ3n) is 4.15. The van der Waals surface area contributed by atoms with Crippen molar-refractivity contribution >= 4 is 5.91 Å². The predicted molar refractivity (Wildman–Crippen MR) is 72.5 cm³/mol. The van der Waals surface area contributed by atoms with Gasteiger partial charge < -0.3 is 15.4 Å². The number of morpholine rings is 1. The van der Waals surface area contributed by atoms with Crippen LogP contribution in [0.15, 0.2) is 30.3 Å². The Morgan fingerprint density at radius 2 is 1.84 bits per heavy atom. The molecule has 1 aromatic carbocycles. The first-order chi connectivity index (χ1) is 9.07. The number of hydrogen-bond acceptors (Lipinski definition) is 3. The lowest BCUT2D eigenvalue weighted by molar-refractivity contribution is -0.145. The maximum atomic E-state index is 12.7. The van der Waals surface area contributed by atoms with E-state index in [2.05, 4.69) is 0 Å². The van der Waals surface area contributed by atoms with Gasteiger partial charge in [-0.1, -0.05) is 30.3 Å². The van der Waals surface area contributed by atoms with E-state index < -0.39 is 5.54 Å². The summed E-state index contributed by atoms with van der Waals surface area (Å²) < 4.78 is 5.76. The van der Waals surface area contributed by atoms with E-state index in [1.54, 1.807) is 6.92 Å². The molecule has 2 aliphatic heterocycles. The van der Waals surface area contributed by atoms with Crippen LogP contribution in [0.25, 0.3) is 0 Å². The van der Waals surface area contributed by atoms with Crippen LogP contribution in [-0.2, 0) is 15.1 Å². The maximum absolute atomic E-state index is 12.7. The first-order valence-electron chi connectivity index (χ1n) is 6.86. The quantitative estimate of drug-likeness (QED) is 0.870. The number of hydrogen-bond donors (Lipinski definition) is 1. The van der Waals surface area contributed by atoms with E-state index in [-0.39, 0.29) is 18.1 Å². The number of benzene rings is 1. The van der Waals surface area contributed by atoms with E-state index >= 15 is 0 Å². The van der Waals surface area contributed by atoms with Gasteiger partial charge in [0.1, 0.15) is 5.54 Å². The third kappa shape index (κ3) is 2.26. The van der Waals surface area contributed by atoms with Crippen LogP contribution in [0.2, 0.25) is 0 Å². The zero-order valence-corrected chi connectivity index (χ0v) is 11.2. The molecule has 102 valence electrons. The van der Waals surface area contributed by atoms with E-state index in [1.807, 2.05) is 35.2 Å². The van der Waals surface area contributed by atoms with Gasteiger partial charge in [0.05, 0.1) is 12.2 Å². The summed E-state index contributed by atoms with van der Waals surface area (Å²) in [7, 11) is 0. The molecule has 0 spiro atoms. The monoisotopic (exact) mass is 260 g/mol. The Morgan fingerprint density at radius 1 is 1.26 bits per heavy atom. The molecule has 1 aromatic rings. The number of carbonyl (C=O) groups excluding carboxylic acids is 1. The van der Waals surface area contributed by atoms with Gasteiger partial charge in [-0.25, -0.2) is 0 Å². The zero-order chi connectivity index (χ0) is 13.5. The van der Waals surface area contributed by atoms with E-state index in [1.165, 1.54) is 0 Å². The minimum atomic E-state index is -0.960. The van der Waals surface area contributed by atoms with Gasteiger partial charge in [0, 0.05) is 13.1 Å². The van der Waals surface area contributed by atoms with E-state index in [0.717, 1.165) is 18.4 Å². The van der Waals surface area contributed by atoms with Crippen LogP contribution in [0.4, 0.5) is 0 Å². The van der Waals surface area contributed by atoms with Gasteiger partial charge >= 0.3 is 0 Å². The molecule has 2 aliphatic rings. The van der Waals surface area contributed by atoms with Crippen LogP contribution in [0.5, 0.6) is 0 Å². The molecule has 3 atom stereocenters. The molecule has 0 aromatic heterocycles. The molecule has 0 saturated carbocycles. The fraction of sp³-hybridized carbons (Fsp3) is 0.533. The minimum Gasteiger partial charge on any atom is -0.371 e. The highest BCUT2D eigenvalue weighted by Gasteiger charge is 2.41. The highest BCUT2D eigenvalue weighted by Crippen LogP contribution is 2.29. The highest BCUT2D eigenvalue weighted by molar-refractivity contribution is 5.87. The standard InChI is InChI=1S/C15H20N2O2/c1-15(16,11-5-3-2-4-6-11)14(18)17-9-12-7-8-13(10-17)19-12/h2-6,12-13H,7-10,16H2,1H3. The largest absolute Gasteiger partial charge is 0.371 e. The Balaban J connectivity index is 1.80. The number of rotatable bonds is 2. The number of amides is 1. The molecule has 2 heterocycles. The van der Waals surface area contributed by atoms with Crippen molar-refractivity contribution in [2.45, 2.75) is 37.5 Å². The van der Waals surface area contributed by atoms with Crippen molar-refractivity contribution in [2.24, 2.45) is 5.73 Å².